The number of ketones is 2. The second kappa shape index (κ2) is 9.15. The van der Waals surface area contributed by atoms with Crippen LogP contribution in [0.15, 0.2) is 70.8 Å². The van der Waals surface area contributed by atoms with Gasteiger partial charge >= 0.3 is 5.97 Å². The maximum absolute atomic E-state index is 13.6. The predicted octanol–water partition coefficient (Wildman–Crippen LogP) is 3.84. The molecule has 198 valence electrons. The summed E-state index contributed by atoms with van der Waals surface area (Å²) in [4.78, 5) is 65.8. The number of hydrogen-bond acceptors (Lipinski definition) is 6. The van der Waals surface area contributed by atoms with E-state index < -0.39 is 29.6 Å². The summed E-state index contributed by atoms with van der Waals surface area (Å²) in [6.07, 6.45) is 3.70. The van der Waals surface area contributed by atoms with E-state index in [4.69, 9.17) is 5.11 Å². The van der Waals surface area contributed by atoms with E-state index in [9.17, 15) is 29.1 Å². The molecule has 2 aromatic carbocycles. The third-order valence-electron chi connectivity index (χ3n) is 8.67. The molecule has 0 saturated carbocycles. The number of carbonyl (C=O) groups is 5. The molecule has 4 aliphatic rings. The lowest BCUT2D eigenvalue weighted by Gasteiger charge is -2.42. The minimum Gasteiger partial charge on any atom is -0.507 e. The first-order chi connectivity index (χ1) is 18.7. The normalized spacial score (nSPS) is 26.3. The molecule has 6 rings (SSSR count). The van der Waals surface area contributed by atoms with E-state index in [1.165, 1.54) is 11.0 Å². The molecular weight excluding hydrogens is 498 g/mol. The number of likely N-dealkylation sites (tertiary alicyclic amines) is 1. The number of carboxylic acid groups (broad SMARTS) is 1. The van der Waals surface area contributed by atoms with Crippen molar-refractivity contribution in [2.24, 2.45) is 17.8 Å². The smallest absolute Gasteiger partial charge is 0.303 e. The zero-order chi connectivity index (χ0) is 27.6. The molecule has 4 atom stereocenters. The van der Waals surface area contributed by atoms with E-state index in [1.807, 2.05) is 30.3 Å². The van der Waals surface area contributed by atoms with Crippen LogP contribution in [0.2, 0.25) is 0 Å². The Hall–Kier alpha value is -4.33. The Morgan fingerprint density at radius 1 is 1.03 bits per heavy atom. The number of nitrogens with zero attached hydrogens (tertiary/aromatic N) is 1. The molecule has 1 aliphatic heterocycles. The molecule has 0 aromatic heterocycles. The fourth-order valence-electron chi connectivity index (χ4n) is 6.90. The Morgan fingerprint density at radius 3 is 2.56 bits per heavy atom. The molecule has 2 aromatic rings. The minimum absolute atomic E-state index is 0.0187. The number of aliphatic carboxylic acids is 1. The number of Topliss-reactive ketones (excluding diaryl/α,β-unsaturated/α-hetero) is 1. The number of aromatic hydroxyl groups is 1. The average molecular weight is 526 g/mol. The third kappa shape index (κ3) is 3.77. The minimum atomic E-state index is -0.996. The van der Waals surface area contributed by atoms with Crippen molar-refractivity contribution in [1.29, 1.82) is 0 Å². The van der Waals surface area contributed by atoms with Crippen LogP contribution in [0, 0.1) is 17.8 Å². The Labute approximate surface area is 224 Å². The number of carboxylic acids is 1. The van der Waals surface area contributed by atoms with Crippen LogP contribution >= 0.6 is 0 Å². The number of allylic oxidation sites excluding steroid dienone is 6. The lowest BCUT2D eigenvalue weighted by molar-refractivity contribution is -0.142. The molecule has 39 heavy (non-hydrogen) atoms. The van der Waals surface area contributed by atoms with Gasteiger partial charge in [0.05, 0.1) is 11.8 Å². The van der Waals surface area contributed by atoms with E-state index in [1.54, 1.807) is 19.1 Å². The van der Waals surface area contributed by atoms with Crippen molar-refractivity contribution in [2.45, 2.75) is 38.5 Å². The summed E-state index contributed by atoms with van der Waals surface area (Å²) >= 11 is 0. The molecule has 0 bridgehead atoms. The van der Waals surface area contributed by atoms with Gasteiger partial charge in [0.1, 0.15) is 5.75 Å². The first-order valence-electron chi connectivity index (χ1n) is 13.2. The SMILES string of the molecule is CC1=CC(=O)C2=C(C1=O)C(c1ccc3ccccc3c1O)C1=CCC3C(=O)N(CCCC(=O)O)C(=O)C3C1C2. The Bertz CT molecular complexity index is 1590. The van der Waals surface area contributed by atoms with Crippen molar-refractivity contribution in [3.8, 4) is 5.75 Å². The van der Waals surface area contributed by atoms with Gasteiger partial charge in [-0.25, -0.2) is 0 Å². The van der Waals surface area contributed by atoms with Crippen molar-refractivity contribution in [3.63, 3.8) is 0 Å². The predicted molar refractivity (Wildman–Crippen MR) is 141 cm³/mol. The largest absolute Gasteiger partial charge is 0.507 e. The van der Waals surface area contributed by atoms with E-state index in [-0.39, 0.29) is 54.9 Å². The molecule has 3 aliphatic carbocycles. The van der Waals surface area contributed by atoms with Gasteiger partial charge in [-0.05, 0) is 43.6 Å². The van der Waals surface area contributed by atoms with Gasteiger partial charge in [0.25, 0.3) is 0 Å². The van der Waals surface area contributed by atoms with E-state index in [2.05, 4.69) is 0 Å². The van der Waals surface area contributed by atoms with Crippen molar-refractivity contribution in [2.75, 3.05) is 6.54 Å². The van der Waals surface area contributed by atoms with Crippen LogP contribution in [-0.2, 0) is 24.0 Å². The highest BCUT2D eigenvalue weighted by Gasteiger charge is 2.56. The first kappa shape index (κ1) is 25.0. The lowest BCUT2D eigenvalue weighted by atomic mass is 9.59. The molecule has 8 nitrogen and oxygen atoms in total. The molecule has 8 heteroatoms. The Morgan fingerprint density at radius 2 is 1.79 bits per heavy atom. The Balaban J connectivity index is 1.47. The third-order valence-corrected chi connectivity index (χ3v) is 8.67. The zero-order valence-corrected chi connectivity index (χ0v) is 21.3. The molecule has 4 unspecified atom stereocenters. The first-order valence-corrected chi connectivity index (χ1v) is 13.2. The van der Waals surface area contributed by atoms with Gasteiger partial charge < -0.3 is 10.2 Å². The highest BCUT2D eigenvalue weighted by atomic mass is 16.4. The number of amides is 2. The quantitative estimate of drug-likeness (QED) is 0.345. The number of imide groups is 1. The maximum atomic E-state index is 13.6. The van der Waals surface area contributed by atoms with Crippen LogP contribution in [0.4, 0.5) is 0 Å². The molecule has 1 saturated heterocycles. The molecule has 0 spiro atoms. The molecule has 2 N–H and O–H groups in total. The highest BCUT2D eigenvalue weighted by Crippen LogP contribution is 2.56. The van der Waals surface area contributed by atoms with Gasteiger partial charge in [0.15, 0.2) is 11.6 Å². The second-order valence-electron chi connectivity index (χ2n) is 10.8. The number of benzene rings is 2. The maximum Gasteiger partial charge on any atom is 0.303 e. The summed E-state index contributed by atoms with van der Waals surface area (Å²) < 4.78 is 0. The number of phenols is 1. The molecule has 1 fully saturated rings. The van der Waals surface area contributed by atoms with E-state index in [0.717, 1.165) is 11.0 Å². The summed E-state index contributed by atoms with van der Waals surface area (Å²) in [5.74, 6) is -4.75. The zero-order valence-electron chi connectivity index (χ0n) is 21.3. The summed E-state index contributed by atoms with van der Waals surface area (Å²) in [7, 11) is 0. The summed E-state index contributed by atoms with van der Waals surface area (Å²) in [5, 5.41) is 21.9. The fourth-order valence-corrected chi connectivity index (χ4v) is 6.90. The average Bonchev–Trinajstić information content (AvgIpc) is 3.16. The second-order valence-corrected chi connectivity index (χ2v) is 10.8. The van der Waals surface area contributed by atoms with Crippen LogP contribution in [0.5, 0.6) is 5.75 Å². The lowest BCUT2D eigenvalue weighted by Crippen LogP contribution is -2.40. The topological polar surface area (TPSA) is 129 Å². The van der Waals surface area contributed by atoms with Gasteiger partial charge in [-0.2, -0.15) is 0 Å². The van der Waals surface area contributed by atoms with Crippen molar-refractivity contribution < 1.29 is 34.2 Å². The molecule has 2 amide bonds. The summed E-state index contributed by atoms with van der Waals surface area (Å²) in [6, 6.07) is 11.0. The highest BCUT2D eigenvalue weighted by molar-refractivity contribution is 6.24. The molecule has 0 radical (unpaired) electrons. The van der Waals surface area contributed by atoms with Crippen LogP contribution in [0.1, 0.15) is 44.1 Å². The Kier molecular flexibility index (Phi) is 5.86. The summed E-state index contributed by atoms with van der Waals surface area (Å²) in [6.45, 7) is 1.63. The monoisotopic (exact) mass is 525 g/mol. The van der Waals surface area contributed by atoms with Gasteiger partial charge in [-0.1, -0.05) is 48.0 Å². The van der Waals surface area contributed by atoms with Gasteiger partial charge in [0, 0.05) is 46.6 Å². The number of fused-ring (bicyclic) bond motifs is 4. The van der Waals surface area contributed by atoms with Crippen LogP contribution in [0.3, 0.4) is 0 Å². The van der Waals surface area contributed by atoms with Crippen molar-refractivity contribution in [3.05, 3.63) is 76.4 Å². The van der Waals surface area contributed by atoms with E-state index >= 15 is 0 Å². The van der Waals surface area contributed by atoms with Gasteiger partial charge in [0.2, 0.25) is 11.8 Å². The fraction of sp³-hybridized carbons (Fsp3) is 0.323. The van der Waals surface area contributed by atoms with Crippen molar-refractivity contribution in [1.82, 2.24) is 4.90 Å². The van der Waals surface area contributed by atoms with Crippen LogP contribution < -0.4 is 0 Å². The number of rotatable bonds is 5. The summed E-state index contributed by atoms with van der Waals surface area (Å²) in [5.41, 5.74) is 2.25. The number of phenolic OH excluding ortho intramolecular Hbond substituents is 1. The molecular formula is C31H27NO7. The van der Waals surface area contributed by atoms with Gasteiger partial charge in [-0.15, -0.1) is 0 Å². The number of carbonyl (C=O) groups excluding carboxylic acids is 4. The molecule has 1 heterocycles. The van der Waals surface area contributed by atoms with E-state index in [0.29, 0.717) is 34.1 Å². The standard InChI is InChI=1S/C31H27NO7/c1-15-13-23(33)22-14-21-18(10-11-20-26(21)31(39)32(30(20)38)12-4-7-24(34)35)25(27(22)28(15)36)19-9-8-16-5-2-3-6-17(16)29(19)37/h2-3,5-6,8-10,13,20-21,25-26,37H,4,7,11-12,14H2,1H3,(H,34,35). The van der Waals surface area contributed by atoms with Crippen LogP contribution in [0.25, 0.3) is 10.8 Å². The number of hydrogen-bond donors (Lipinski definition) is 2. The van der Waals surface area contributed by atoms with Crippen LogP contribution in [-0.4, -0.2) is 51.0 Å². The van der Waals surface area contributed by atoms with Gasteiger partial charge in [-0.3, -0.25) is 28.9 Å². The van der Waals surface area contributed by atoms with Crippen molar-refractivity contribution >= 4 is 40.1 Å².